The number of phenols is 1. The molecule has 0 bridgehead atoms. The second kappa shape index (κ2) is 4.67. The molecule has 104 valence electrons. The van der Waals surface area contributed by atoms with E-state index >= 15 is 0 Å². The van der Waals surface area contributed by atoms with Crippen molar-refractivity contribution in [2.24, 2.45) is 0 Å². The van der Waals surface area contributed by atoms with Gasteiger partial charge in [-0.25, -0.2) is 0 Å². The molecule has 0 saturated carbocycles. The Kier molecular flexibility index (Phi) is 2.97. The summed E-state index contributed by atoms with van der Waals surface area (Å²) < 4.78 is 5.06. The summed E-state index contributed by atoms with van der Waals surface area (Å²) in [5.74, 6) is 0.722. The van der Waals surface area contributed by atoms with Gasteiger partial charge < -0.3 is 14.5 Å². The highest BCUT2D eigenvalue weighted by Crippen LogP contribution is 2.25. The van der Waals surface area contributed by atoms with E-state index in [4.69, 9.17) is 4.52 Å². The second-order valence-corrected chi connectivity index (χ2v) is 5.13. The van der Waals surface area contributed by atoms with Crippen LogP contribution in [-0.4, -0.2) is 27.6 Å². The van der Waals surface area contributed by atoms with Gasteiger partial charge in [-0.1, -0.05) is 11.2 Å². The number of fused-ring (bicyclic) bond motifs is 1. The van der Waals surface area contributed by atoms with E-state index in [2.05, 4.69) is 5.16 Å². The molecule has 3 rings (SSSR count). The molecule has 1 aliphatic rings. The van der Waals surface area contributed by atoms with Crippen molar-refractivity contribution in [1.29, 1.82) is 0 Å². The Morgan fingerprint density at radius 3 is 2.85 bits per heavy atom. The Morgan fingerprint density at radius 2 is 2.15 bits per heavy atom. The van der Waals surface area contributed by atoms with E-state index < -0.39 is 0 Å². The van der Waals surface area contributed by atoms with Gasteiger partial charge in [-0.05, 0) is 43.5 Å². The van der Waals surface area contributed by atoms with Crippen molar-refractivity contribution in [1.82, 2.24) is 10.1 Å². The van der Waals surface area contributed by atoms with Gasteiger partial charge in [-0.15, -0.1) is 0 Å². The molecule has 1 aromatic heterocycles. The second-order valence-electron chi connectivity index (χ2n) is 5.13. The summed E-state index contributed by atoms with van der Waals surface area (Å²) in [5.41, 5.74) is 3.35. The lowest BCUT2D eigenvalue weighted by atomic mass is 9.98. The van der Waals surface area contributed by atoms with Crippen molar-refractivity contribution in [3.63, 3.8) is 0 Å². The van der Waals surface area contributed by atoms with Crippen LogP contribution in [-0.2, 0) is 13.0 Å². The molecule has 1 aromatic carbocycles. The van der Waals surface area contributed by atoms with Gasteiger partial charge in [-0.2, -0.15) is 0 Å². The fourth-order valence-corrected chi connectivity index (χ4v) is 2.66. The number of amides is 1. The van der Waals surface area contributed by atoms with Crippen molar-refractivity contribution < 1.29 is 14.4 Å². The molecule has 1 aliphatic heterocycles. The van der Waals surface area contributed by atoms with Gasteiger partial charge in [0.1, 0.15) is 17.1 Å². The van der Waals surface area contributed by atoms with Crippen molar-refractivity contribution in [3.8, 4) is 5.75 Å². The van der Waals surface area contributed by atoms with Gasteiger partial charge in [0, 0.05) is 13.1 Å². The number of nitrogens with zero attached hydrogens (tertiary/aromatic N) is 2. The fraction of sp³-hybridized carbons (Fsp3) is 0.333. The average Bonchev–Trinajstić information content (AvgIpc) is 2.76. The number of aromatic nitrogens is 1. The highest BCUT2D eigenvalue weighted by molar-refractivity contribution is 5.96. The molecule has 5 heteroatoms. The number of benzene rings is 1. The van der Waals surface area contributed by atoms with Gasteiger partial charge in [0.05, 0.1) is 5.69 Å². The summed E-state index contributed by atoms with van der Waals surface area (Å²) >= 11 is 0. The third-order valence-corrected chi connectivity index (χ3v) is 3.74. The van der Waals surface area contributed by atoms with Crippen molar-refractivity contribution >= 4 is 5.91 Å². The molecule has 0 spiro atoms. The molecule has 5 nitrogen and oxygen atoms in total. The Morgan fingerprint density at radius 1 is 1.35 bits per heavy atom. The van der Waals surface area contributed by atoms with Crippen LogP contribution in [0.2, 0.25) is 0 Å². The predicted octanol–water partition coefficient (Wildman–Crippen LogP) is 2.20. The first-order valence-electron chi connectivity index (χ1n) is 6.59. The Hall–Kier alpha value is -2.30. The van der Waals surface area contributed by atoms with E-state index in [1.807, 2.05) is 6.07 Å². The molecule has 0 fully saturated rings. The molecule has 20 heavy (non-hydrogen) atoms. The zero-order valence-electron chi connectivity index (χ0n) is 11.5. The lowest BCUT2D eigenvalue weighted by Gasteiger charge is -2.28. The first kappa shape index (κ1) is 12.7. The molecule has 0 saturated heterocycles. The van der Waals surface area contributed by atoms with Crippen molar-refractivity contribution in [2.45, 2.75) is 26.8 Å². The number of carbonyl (C=O) groups excluding carboxylic acids is 1. The predicted molar refractivity (Wildman–Crippen MR) is 72.5 cm³/mol. The zero-order valence-corrected chi connectivity index (χ0v) is 11.5. The minimum Gasteiger partial charge on any atom is -0.508 e. The number of hydrogen-bond donors (Lipinski definition) is 1. The smallest absolute Gasteiger partial charge is 0.259 e. The maximum atomic E-state index is 12.6. The average molecular weight is 272 g/mol. The number of aryl methyl sites for hydroxylation is 2. The van der Waals surface area contributed by atoms with E-state index in [1.165, 1.54) is 5.56 Å². The van der Waals surface area contributed by atoms with Crippen LogP contribution in [0.1, 0.15) is 32.9 Å². The molecule has 1 amide bonds. The normalized spacial score (nSPS) is 14.2. The monoisotopic (exact) mass is 272 g/mol. The molecular weight excluding hydrogens is 256 g/mol. The molecule has 0 radical (unpaired) electrons. The SMILES string of the molecule is Cc1noc(C)c1C(=O)N1CCc2ccc(O)cc2C1. The number of aromatic hydroxyl groups is 1. The lowest BCUT2D eigenvalue weighted by Crippen LogP contribution is -2.36. The number of phenolic OH excluding ortho intramolecular Hbond substituents is 1. The summed E-state index contributed by atoms with van der Waals surface area (Å²) in [7, 11) is 0. The minimum atomic E-state index is -0.0600. The van der Waals surface area contributed by atoms with Crippen LogP contribution >= 0.6 is 0 Å². The topological polar surface area (TPSA) is 66.6 Å². The number of carbonyl (C=O) groups is 1. The molecule has 2 aromatic rings. The minimum absolute atomic E-state index is 0.0600. The molecule has 0 atom stereocenters. The lowest BCUT2D eigenvalue weighted by molar-refractivity contribution is 0.0732. The maximum absolute atomic E-state index is 12.6. The largest absolute Gasteiger partial charge is 0.508 e. The van der Waals surface area contributed by atoms with Gasteiger partial charge in [0.15, 0.2) is 0 Å². The van der Waals surface area contributed by atoms with Gasteiger partial charge >= 0.3 is 0 Å². The molecule has 1 N–H and O–H groups in total. The van der Waals surface area contributed by atoms with Crippen LogP contribution in [0.25, 0.3) is 0 Å². The summed E-state index contributed by atoms with van der Waals surface area (Å²) in [6.45, 7) is 4.69. The van der Waals surface area contributed by atoms with Crippen LogP contribution in [0.4, 0.5) is 0 Å². The number of hydrogen-bond acceptors (Lipinski definition) is 4. The Labute approximate surface area is 116 Å². The van der Waals surface area contributed by atoms with Gasteiger partial charge in [0.2, 0.25) is 0 Å². The molecular formula is C15H16N2O3. The Balaban J connectivity index is 1.89. The molecule has 0 aliphatic carbocycles. The van der Waals surface area contributed by atoms with Crippen LogP contribution < -0.4 is 0 Å². The number of rotatable bonds is 1. The van der Waals surface area contributed by atoms with E-state index in [1.54, 1.807) is 30.9 Å². The van der Waals surface area contributed by atoms with Crippen LogP contribution in [0.5, 0.6) is 5.75 Å². The highest BCUT2D eigenvalue weighted by Gasteiger charge is 2.26. The maximum Gasteiger partial charge on any atom is 0.259 e. The third-order valence-electron chi connectivity index (χ3n) is 3.74. The van der Waals surface area contributed by atoms with Crippen molar-refractivity contribution in [2.75, 3.05) is 6.54 Å². The highest BCUT2D eigenvalue weighted by atomic mass is 16.5. The zero-order chi connectivity index (χ0) is 14.3. The van der Waals surface area contributed by atoms with Crippen molar-refractivity contribution in [3.05, 3.63) is 46.3 Å². The third kappa shape index (κ3) is 2.05. The first-order chi connectivity index (χ1) is 9.56. The van der Waals surface area contributed by atoms with Crippen LogP contribution in [0.3, 0.4) is 0 Å². The molecule has 2 heterocycles. The summed E-state index contributed by atoms with van der Waals surface area (Å²) in [6, 6.07) is 5.33. The van der Waals surface area contributed by atoms with Crippen LogP contribution in [0, 0.1) is 13.8 Å². The summed E-state index contributed by atoms with van der Waals surface area (Å²) in [5, 5.41) is 13.4. The Bertz CT molecular complexity index is 656. The van der Waals surface area contributed by atoms with Gasteiger partial charge in [0.25, 0.3) is 5.91 Å². The van der Waals surface area contributed by atoms with E-state index in [-0.39, 0.29) is 11.7 Å². The van der Waals surface area contributed by atoms with E-state index in [0.29, 0.717) is 30.1 Å². The molecule has 0 unspecified atom stereocenters. The first-order valence-corrected chi connectivity index (χ1v) is 6.59. The van der Waals surface area contributed by atoms with E-state index in [9.17, 15) is 9.90 Å². The van der Waals surface area contributed by atoms with Gasteiger partial charge in [-0.3, -0.25) is 4.79 Å². The van der Waals surface area contributed by atoms with Crippen LogP contribution in [0.15, 0.2) is 22.7 Å². The van der Waals surface area contributed by atoms with E-state index in [0.717, 1.165) is 12.0 Å². The fourth-order valence-electron chi connectivity index (χ4n) is 2.66. The summed E-state index contributed by atoms with van der Waals surface area (Å²) in [6.07, 6.45) is 0.796. The standard InChI is InChI=1S/C15H16N2O3/c1-9-14(10(2)20-16-9)15(19)17-6-5-11-3-4-13(18)7-12(11)8-17/h3-4,7,18H,5-6,8H2,1-2H3. The quantitative estimate of drug-likeness (QED) is 0.864. The summed E-state index contributed by atoms with van der Waals surface area (Å²) in [4.78, 5) is 14.3.